The van der Waals surface area contributed by atoms with Crippen molar-refractivity contribution in [3.63, 3.8) is 0 Å². The van der Waals surface area contributed by atoms with Crippen molar-refractivity contribution in [1.82, 2.24) is 0 Å². The van der Waals surface area contributed by atoms with Crippen LogP contribution in [0.4, 0.5) is 5.69 Å². The van der Waals surface area contributed by atoms with Gasteiger partial charge in [0.2, 0.25) is 0 Å². The highest BCUT2D eigenvalue weighted by atomic mass is 35.5. The van der Waals surface area contributed by atoms with E-state index in [2.05, 4.69) is 11.2 Å². The molecule has 0 aliphatic carbocycles. The third-order valence-corrected chi connectivity index (χ3v) is 3.95. The second-order valence-corrected chi connectivity index (χ2v) is 5.73. The number of halogens is 2. The molecular weight excluding hydrogens is 333 g/mol. The molecule has 0 aromatic heterocycles. The molecule has 0 fully saturated rings. The number of ether oxygens (including phenoxy) is 2. The number of hydrogen-bond donors (Lipinski definition) is 1. The summed E-state index contributed by atoms with van der Waals surface area (Å²) in [6.07, 6.45) is 5.20. The molecule has 0 saturated carbocycles. The molecule has 0 atom stereocenters. The van der Waals surface area contributed by atoms with Gasteiger partial charge in [-0.1, -0.05) is 35.2 Å². The summed E-state index contributed by atoms with van der Waals surface area (Å²) >= 11 is 12.4. The number of benzene rings is 2. The summed E-state index contributed by atoms with van der Waals surface area (Å²) in [6, 6.07) is 9.51. The van der Waals surface area contributed by atoms with E-state index >= 15 is 0 Å². The first-order chi connectivity index (χ1) is 11.0. The maximum atomic E-state index is 6.25. The zero-order valence-corrected chi connectivity index (χ0v) is 14.5. The normalized spacial score (nSPS) is 10.0. The molecule has 3 nitrogen and oxygen atoms in total. The van der Waals surface area contributed by atoms with E-state index < -0.39 is 0 Å². The van der Waals surface area contributed by atoms with E-state index in [0.717, 1.165) is 21.8 Å². The van der Waals surface area contributed by atoms with Gasteiger partial charge in [0.05, 0.1) is 12.1 Å². The first-order valence-electron chi connectivity index (χ1n) is 6.98. The summed E-state index contributed by atoms with van der Waals surface area (Å²) in [5.74, 6) is 3.41. The van der Waals surface area contributed by atoms with Crippen LogP contribution in [0.25, 0.3) is 0 Å². The Morgan fingerprint density at radius 2 is 1.96 bits per heavy atom. The van der Waals surface area contributed by atoms with E-state index in [1.807, 2.05) is 37.3 Å². The van der Waals surface area contributed by atoms with Gasteiger partial charge in [0.1, 0.15) is 6.61 Å². The Kier molecular flexibility index (Phi) is 6.04. The number of anilines is 1. The van der Waals surface area contributed by atoms with Gasteiger partial charge in [-0.15, -0.1) is 6.42 Å². The molecule has 0 radical (unpaired) electrons. The Balaban J connectivity index is 2.15. The fourth-order valence-electron chi connectivity index (χ4n) is 2.04. The van der Waals surface area contributed by atoms with E-state index in [-0.39, 0.29) is 6.61 Å². The van der Waals surface area contributed by atoms with Gasteiger partial charge in [-0.25, -0.2) is 0 Å². The Morgan fingerprint density at radius 1 is 1.17 bits per heavy atom. The summed E-state index contributed by atoms with van der Waals surface area (Å²) in [6.45, 7) is 2.67. The molecule has 2 rings (SSSR count). The van der Waals surface area contributed by atoms with Gasteiger partial charge in [-0.2, -0.15) is 0 Å². The van der Waals surface area contributed by atoms with Gasteiger partial charge in [-0.05, 0) is 42.3 Å². The fraction of sp³-hybridized carbons (Fsp3) is 0.222. The molecule has 120 valence electrons. The van der Waals surface area contributed by atoms with Crippen LogP contribution in [0.3, 0.4) is 0 Å². The molecule has 0 bridgehead atoms. The van der Waals surface area contributed by atoms with Crippen LogP contribution in [0.2, 0.25) is 10.0 Å². The second kappa shape index (κ2) is 8.01. The highest BCUT2D eigenvalue weighted by Crippen LogP contribution is 2.36. The monoisotopic (exact) mass is 349 g/mol. The van der Waals surface area contributed by atoms with Crippen molar-refractivity contribution in [2.24, 2.45) is 0 Å². The van der Waals surface area contributed by atoms with Crippen molar-refractivity contribution in [1.29, 1.82) is 0 Å². The third-order valence-electron chi connectivity index (χ3n) is 3.26. The lowest BCUT2D eigenvalue weighted by atomic mass is 10.2. The molecule has 0 spiro atoms. The zero-order valence-electron chi connectivity index (χ0n) is 13.0. The predicted octanol–water partition coefficient (Wildman–Crippen LogP) is 4.93. The van der Waals surface area contributed by atoms with E-state index in [1.165, 1.54) is 0 Å². The molecule has 0 saturated heterocycles. The minimum atomic E-state index is 0.134. The van der Waals surface area contributed by atoms with E-state index in [9.17, 15) is 0 Å². The van der Waals surface area contributed by atoms with Crippen LogP contribution < -0.4 is 14.8 Å². The number of rotatable bonds is 6. The minimum Gasteiger partial charge on any atom is -0.493 e. The van der Waals surface area contributed by atoms with E-state index in [1.54, 1.807) is 7.11 Å². The van der Waals surface area contributed by atoms with Crippen molar-refractivity contribution >= 4 is 28.9 Å². The van der Waals surface area contributed by atoms with E-state index in [0.29, 0.717) is 23.1 Å². The summed E-state index contributed by atoms with van der Waals surface area (Å²) in [5.41, 5.74) is 2.93. The summed E-state index contributed by atoms with van der Waals surface area (Å²) < 4.78 is 10.7. The molecule has 0 aliphatic heterocycles. The summed E-state index contributed by atoms with van der Waals surface area (Å²) in [7, 11) is 1.56. The lowest BCUT2D eigenvalue weighted by Crippen LogP contribution is -2.02. The van der Waals surface area contributed by atoms with Crippen LogP contribution in [0.1, 0.15) is 11.1 Å². The molecule has 0 heterocycles. The van der Waals surface area contributed by atoms with Crippen LogP contribution in [0, 0.1) is 19.3 Å². The lowest BCUT2D eigenvalue weighted by Gasteiger charge is -2.14. The van der Waals surface area contributed by atoms with Crippen LogP contribution >= 0.6 is 23.2 Å². The van der Waals surface area contributed by atoms with Crippen LogP contribution in [0.15, 0.2) is 30.3 Å². The quantitative estimate of drug-likeness (QED) is 0.749. The average molecular weight is 350 g/mol. The van der Waals surface area contributed by atoms with Crippen molar-refractivity contribution < 1.29 is 9.47 Å². The zero-order chi connectivity index (χ0) is 16.8. The molecular formula is C18H17Cl2NO2. The highest BCUT2D eigenvalue weighted by molar-refractivity contribution is 6.32. The average Bonchev–Trinajstić information content (AvgIpc) is 2.54. The number of terminal acetylenes is 1. The van der Waals surface area contributed by atoms with Crippen molar-refractivity contribution in [2.75, 3.05) is 19.0 Å². The summed E-state index contributed by atoms with van der Waals surface area (Å²) in [5, 5.41) is 4.48. The van der Waals surface area contributed by atoms with Gasteiger partial charge in [0, 0.05) is 17.3 Å². The van der Waals surface area contributed by atoms with Gasteiger partial charge >= 0.3 is 0 Å². The Morgan fingerprint density at radius 3 is 2.61 bits per heavy atom. The van der Waals surface area contributed by atoms with Crippen molar-refractivity contribution in [2.45, 2.75) is 13.5 Å². The number of aryl methyl sites for hydroxylation is 1. The largest absolute Gasteiger partial charge is 0.493 e. The highest BCUT2D eigenvalue weighted by Gasteiger charge is 2.12. The number of methoxy groups -OCH3 is 1. The molecule has 0 aliphatic rings. The molecule has 0 unspecified atom stereocenters. The van der Waals surface area contributed by atoms with Crippen LogP contribution in [-0.2, 0) is 6.54 Å². The van der Waals surface area contributed by atoms with Crippen LogP contribution in [-0.4, -0.2) is 13.7 Å². The predicted molar refractivity (Wildman–Crippen MR) is 95.8 cm³/mol. The first-order valence-corrected chi connectivity index (χ1v) is 7.73. The minimum absolute atomic E-state index is 0.134. The third kappa shape index (κ3) is 4.48. The Bertz CT molecular complexity index is 739. The molecule has 23 heavy (non-hydrogen) atoms. The molecule has 2 aromatic carbocycles. The van der Waals surface area contributed by atoms with Crippen molar-refractivity contribution in [3.8, 4) is 23.8 Å². The SMILES string of the molecule is C#CCOc1c(Cl)cc(CNc2ccc(C)c(Cl)c2)cc1OC. The Hall–Kier alpha value is -2.02. The number of hydrogen-bond acceptors (Lipinski definition) is 3. The first kappa shape index (κ1) is 17.3. The van der Waals surface area contributed by atoms with Crippen molar-refractivity contribution in [3.05, 3.63) is 51.5 Å². The second-order valence-electron chi connectivity index (χ2n) is 4.92. The maximum absolute atomic E-state index is 6.25. The lowest BCUT2D eigenvalue weighted by molar-refractivity contribution is 0.331. The van der Waals surface area contributed by atoms with Gasteiger partial charge < -0.3 is 14.8 Å². The van der Waals surface area contributed by atoms with Gasteiger partial charge in [0.25, 0.3) is 0 Å². The molecule has 0 amide bonds. The van der Waals surface area contributed by atoms with E-state index in [4.69, 9.17) is 39.1 Å². The number of nitrogens with one attached hydrogen (secondary N) is 1. The molecule has 1 N–H and O–H groups in total. The van der Waals surface area contributed by atoms with Crippen LogP contribution in [0.5, 0.6) is 11.5 Å². The fourth-order valence-corrected chi connectivity index (χ4v) is 2.50. The van der Waals surface area contributed by atoms with Gasteiger partial charge in [-0.3, -0.25) is 0 Å². The topological polar surface area (TPSA) is 30.5 Å². The van der Waals surface area contributed by atoms with Gasteiger partial charge in [0.15, 0.2) is 11.5 Å². The molecule has 5 heteroatoms. The molecule has 2 aromatic rings. The maximum Gasteiger partial charge on any atom is 0.181 e. The Labute approximate surface area is 146 Å². The smallest absolute Gasteiger partial charge is 0.181 e. The summed E-state index contributed by atoms with van der Waals surface area (Å²) in [4.78, 5) is 0. The standard InChI is InChI=1S/C18H17Cl2NO2/c1-4-7-23-18-16(20)8-13(9-17(18)22-3)11-21-14-6-5-12(2)15(19)10-14/h1,5-6,8-10,21H,7,11H2,2-3H3.